The average Bonchev–Trinajstić information content (AvgIpc) is 3.55. The molecule has 0 amide bonds. The maximum absolute atomic E-state index is 6.73. The molecule has 1 heteroatoms. The van der Waals surface area contributed by atoms with Crippen LogP contribution in [0.5, 0.6) is 0 Å². The highest BCUT2D eigenvalue weighted by atomic mass is 16.3. The molecular formula is C48H28O. The van der Waals surface area contributed by atoms with Gasteiger partial charge >= 0.3 is 0 Å². The van der Waals surface area contributed by atoms with Crippen molar-refractivity contribution in [3.63, 3.8) is 0 Å². The first-order valence-electron chi connectivity index (χ1n) is 16.9. The van der Waals surface area contributed by atoms with E-state index in [-0.39, 0.29) is 0 Å². The summed E-state index contributed by atoms with van der Waals surface area (Å²) in [6.45, 7) is 0. The van der Waals surface area contributed by atoms with Crippen LogP contribution in [0.3, 0.4) is 0 Å². The van der Waals surface area contributed by atoms with E-state index in [0.29, 0.717) is 0 Å². The van der Waals surface area contributed by atoms with Crippen LogP contribution in [0.4, 0.5) is 0 Å². The van der Waals surface area contributed by atoms with Gasteiger partial charge in [0.2, 0.25) is 0 Å². The summed E-state index contributed by atoms with van der Waals surface area (Å²) in [7, 11) is 0. The third-order valence-electron chi connectivity index (χ3n) is 10.6. The summed E-state index contributed by atoms with van der Waals surface area (Å²) in [5, 5.41) is 15.0. The fraction of sp³-hybridized carbons (Fsp3) is 0. The van der Waals surface area contributed by atoms with E-state index in [1.807, 2.05) is 0 Å². The first kappa shape index (κ1) is 26.6. The van der Waals surface area contributed by atoms with Crippen molar-refractivity contribution in [2.75, 3.05) is 0 Å². The van der Waals surface area contributed by atoms with E-state index in [1.54, 1.807) is 0 Å². The van der Waals surface area contributed by atoms with Gasteiger partial charge < -0.3 is 4.42 Å². The zero-order chi connectivity index (χ0) is 32.1. The van der Waals surface area contributed by atoms with Gasteiger partial charge in [0.25, 0.3) is 0 Å². The van der Waals surface area contributed by atoms with Crippen LogP contribution in [0.2, 0.25) is 0 Å². The monoisotopic (exact) mass is 620 g/mol. The summed E-state index contributed by atoms with van der Waals surface area (Å²) < 4.78 is 6.73. The van der Waals surface area contributed by atoms with Gasteiger partial charge in [0.05, 0.1) is 0 Å². The molecule has 1 aromatic heterocycles. The van der Waals surface area contributed by atoms with Crippen molar-refractivity contribution < 1.29 is 4.42 Å². The number of benzene rings is 10. The highest BCUT2D eigenvalue weighted by Gasteiger charge is 2.18. The van der Waals surface area contributed by atoms with Crippen molar-refractivity contribution in [1.29, 1.82) is 0 Å². The number of hydrogen-bond acceptors (Lipinski definition) is 1. The second-order valence-corrected chi connectivity index (χ2v) is 13.2. The predicted molar refractivity (Wildman–Crippen MR) is 209 cm³/mol. The number of hydrogen-bond donors (Lipinski definition) is 0. The van der Waals surface area contributed by atoms with E-state index in [4.69, 9.17) is 4.42 Å². The third kappa shape index (κ3) is 3.82. The minimum atomic E-state index is 0.904. The molecule has 0 N–H and O–H groups in total. The van der Waals surface area contributed by atoms with E-state index in [1.165, 1.54) is 81.7 Å². The van der Waals surface area contributed by atoms with Crippen molar-refractivity contribution in [3.05, 3.63) is 170 Å². The Balaban J connectivity index is 1.13. The zero-order valence-corrected chi connectivity index (χ0v) is 26.6. The molecule has 226 valence electrons. The van der Waals surface area contributed by atoms with Gasteiger partial charge in [-0.1, -0.05) is 152 Å². The molecule has 11 aromatic rings. The molecule has 0 saturated carbocycles. The van der Waals surface area contributed by atoms with Crippen LogP contribution in [0, 0.1) is 0 Å². The molecule has 0 aliphatic rings. The molecule has 0 saturated heterocycles. The van der Waals surface area contributed by atoms with E-state index in [0.717, 1.165) is 27.5 Å². The van der Waals surface area contributed by atoms with E-state index in [2.05, 4.69) is 170 Å². The van der Waals surface area contributed by atoms with Crippen LogP contribution in [0.15, 0.2) is 174 Å². The Kier molecular flexibility index (Phi) is 5.45. The smallest absolute Gasteiger partial charge is 0.143 e. The molecule has 0 spiro atoms. The topological polar surface area (TPSA) is 13.1 Å². The van der Waals surface area contributed by atoms with Gasteiger partial charge in [-0.3, -0.25) is 0 Å². The van der Waals surface area contributed by atoms with Gasteiger partial charge in [-0.05, 0) is 99.9 Å². The Bertz CT molecular complexity index is 3090. The fourth-order valence-electron chi connectivity index (χ4n) is 8.38. The largest absolute Gasteiger partial charge is 0.455 e. The second kappa shape index (κ2) is 10.0. The third-order valence-corrected chi connectivity index (χ3v) is 10.6. The molecule has 49 heavy (non-hydrogen) atoms. The van der Waals surface area contributed by atoms with Crippen LogP contribution >= 0.6 is 0 Å². The Morgan fingerprint density at radius 2 is 0.918 bits per heavy atom. The molecule has 0 bridgehead atoms. The van der Waals surface area contributed by atoms with E-state index >= 15 is 0 Å². The van der Waals surface area contributed by atoms with Crippen molar-refractivity contribution in [2.45, 2.75) is 0 Å². The van der Waals surface area contributed by atoms with E-state index < -0.39 is 0 Å². The van der Waals surface area contributed by atoms with Crippen LogP contribution in [0.1, 0.15) is 0 Å². The highest BCUT2D eigenvalue weighted by Crippen LogP contribution is 2.45. The zero-order valence-electron chi connectivity index (χ0n) is 26.6. The molecule has 1 heterocycles. The molecule has 10 aromatic carbocycles. The Labute approximate surface area is 282 Å². The van der Waals surface area contributed by atoms with Gasteiger partial charge in [0.15, 0.2) is 0 Å². The molecule has 0 atom stereocenters. The summed E-state index contributed by atoms with van der Waals surface area (Å²) in [4.78, 5) is 0. The van der Waals surface area contributed by atoms with Crippen molar-refractivity contribution in [3.8, 4) is 33.4 Å². The maximum atomic E-state index is 6.73. The normalized spacial score (nSPS) is 12.1. The summed E-state index contributed by atoms with van der Waals surface area (Å²) in [6.07, 6.45) is 0. The molecule has 0 fully saturated rings. The molecule has 1 nitrogen and oxygen atoms in total. The first-order valence-corrected chi connectivity index (χ1v) is 16.9. The molecule has 0 unspecified atom stereocenters. The summed E-state index contributed by atoms with van der Waals surface area (Å²) >= 11 is 0. The fourth-order valence-corrected chi connectivity index (χ4v) is 8.38. The minimum Gasteiger partial charge on any atom is -0.455 e. The number of furan rings is 1. The van der Waals surface area contributed by atoms with Crippen molar-refractivity contribution in [2.24, 2.45) is 0 Å². The summed E-state index contributed by atoms with van der Waals surface area (Å²) in [5.74, 6) is 0. The molecule has 0 aliphatic carbocycles. The lowest BCUT2D eigenvalue weighted by Gasteiger charge is -2.16. The Morgan fingerprint density at radius 1 is 0.286 bits per heavy atom. The summed E-state index contributed by atoms with van der Waals surface area (Å²) in [6, 6.07) is 62.0. The minimum absolute atomic E-state index is 0.904. The van der Waals surface area contributed by atoms with Gasteiger partial charge in [-0.15, -0.1) is 0 Å². The second-order valence-electron chi connectivity index (χ2n) is 13.2. The van der Waals surface area contributed by atoms with Crippen LogP contribution in [-0.2, 0) is 0 Å². The molecule has 11 rings (SSSR count). The standard InChI is InChI=1S/C48H28O/c1-2-9-29(10-3-1)35-22-17-30-20-25-40-36(23-18-31-19-24-39(35)46(30)47(31)40)33-21-26-45-44(28-33)42-16-8-15-41(48(42)49-45)43-27-32-11-4-5-12-34(32)37-13-6-7-14-38(37)43/h1-28H. The lowest BCUT2D eigenvalue weighted by atomic mass is 9.87. The molecule has 0 aliphatic heterocycles. The van der Waals surface area contributed by atoms with Gasteiger partial charge in [0.1, 0.15) is 11.2 Å². The van der Waals surface area contributed by atoms with Gasteiger partial charge in [0, 0.05) is 16.3 Å². The number of fused-ring (bicyclic) bond motifs is 6. The first-order chi connectivity index (χ1) is 24.3. The van der Waals surface area contributed by atoms with Gasteiger partial charge in [-0.2, -0.15) is 0 Å². The van der Waals surface area contributed by atoms with E-state index in [9.17, 15) is 0 Å². The SMILES string of the molecule is c1ccc(-c2ccc3ccc4c(-c5ccc6oc7c(-c8cc9ccccc9c9ccccc89)cccc7c6c5)ccc5ccc2c3c54)cc1. The van der Waals surface area contributed by atoms with Crippen molar-refractivity contribution >= 4 is 75.8 Å². The molecular weight excluding hydrogens is 593 g/mol. The van der Waals surface area contributed by atoms with Crippen LogP contribution in [0.25, 0.3) is 109 Å². The number of para-hydroxylation sites is 1. The van der Waals surface area contributed by atoms with Gasteiger partial charge in [-0.25, -0.2) is 0 Å². The highest BCUT2D eigenvalue weighted by molar-refractivity contribution is 6.28. The average molecular weight is 621 g/mol. The predicted octanol–water partition coefficient (Wildman–Crippen LogP) is 13.8. The lowest BCUT2D eigenvalue weighted by Crippen LogP contribution is -1.89. The van der Waals surface area contributed by atoms with Crippen LogP contribution < -0.4 is 0 Å². The summed E-state index contributed by atoms with van der Waals surface area (Å²) in [5.41, 5.74) is 9.09. The lowest BCUT2D eigenvalue weighted by molar-refractivity contribution is 0.670. The number of rotatable bonds is 3. The molecule has 0 radical (unpaired) electrons. The Hall–Kier alpha value is -6.44. The Morgan fingerprint density at radius 3 is 1.69 bits per heavy atom. The van der Waals surface area contributed by atoms with Crippen molar-refractivity contribution in [1.82, 2.24) is 0 Å². The van der Waals surface area contributed by atoms with Crippen LogP contribution in [-0.4, -0.2) is 0 Å². The maximum Gasteiger partial charge on any atom is 0.143 e. The quantitative estimate of drug-likeness (QED) is 0.179.